The van der Waals surface area contributed by atoms with Gasteiger partial charge in [-0.25, -0.2) is 4.99 Å². The Balaban J connectivity index is 1.86. The van der Waals surface area contributed by atoms with Gasteiger partial charge in [0.2, 0.25) is 5.06 Å². The Hall–Kier alpha value is -2.39. The van der Waals surface area contributed by atoms with Crippen LogP contribution in [0.15, 0.2) is 17.1 Å². The predicted molar refractivity (Wildman–Crippen MR) is 110 cm³/mol. The number of rotatable bonds is 6. The first-order valence-corrected chi connectivity index (χ1v) is 9.98. The Morgan fingerprint density at radius 2 is 2.04 bits per heavy atom. The Bertz CT molecular complexity index is 919. The number of hydrogen-bond donors (Lipinski definition) is 0. The van der Waals surface area contributed by atoms with Gasteiger partial charge in [-0.15, -0.1) is 0 Å². The number of benzene rings is 1. The van der Waals surface area contributed by atoms with Crippen molar-refractivity contribution in [1.29, 1.82) is 5.26 Å². The highest BCUT2D eigenvalue weighted by Gasteiger charge is 2.44. The Labute approximate surface area is 165 Å². The van der Waals surface area contributed by atoms with Crippen molar-refractivity contribution in [2.45, 2.75) is 58.9 Å². The standard InChI is InChI=1S/C21H26N4OS/c1-13(2)25(6)12-23-17-9-15(4)18(10-14(17)3)26-20-16(11-22)19(24-27-20)21(5)7-8-21/h9-10,12-13H,7-8H2,1-6H3. The topological polar surface area (TPSA) is 61.5 Å². The molecule has 1 aliphatic carbocycles. The fraction of sp³-hybridized carbons (Fsp3) is 0.476. The van der Waals surface area contributed by atoms with Crippen molar-refractivity contribution in [3.05, 3.63) is 34.5 Å². The average molecular weight is 383 g/mol. The molecule has 0 spiro atoms. The number of aromatic nitrogens is 1. The summed E-state index contributed by atoms with van der Waals surface area (Å²) in [5.74, 6) is 0.747. The number of aliphatic imine (C=N–C) groups is 1. The van der Waals surface area contributed by atoms with Crippen LogP contribution in [0.5, 0.6) is 10.8 Å². The van der Waals surface area contributed by atoms with Crippen LogP contribution < -0.4 is 4.74 Å². The summed E-state index contributed by atoms with van der Waals surface area (Å²) >= 11 is 1.27. The fourth-order valence-electron chi connectivity index (χ4n) is 2.69. The summed E-state index contributed by atoms with van der Waals surface area (Å²) in [5, 5.41) is 10.2. The number of nitriles is 1. The Kier molecular flexibility index (Phi) is 5.25. The van der Waals surface area contributed by atoms with Gasteiger partial charge >= 0.3 is 0 Å². The van der Waals surface area contributed by atoms with E-state index in [0.29, 0.717) is 16.7 Å². The summed E-state index contributed by atoms with van der Waals surface area (Å²) in [6, 6.07) is 6.69. The van der Waals surface area contributed by atoms with Crippen molar-refractivity contribution < 1.29 is 4.74 Å². The van der Waals surface area contributed by atoms with Crippen LogP contribution in [0, 0.1) is 25.2 Å². The molecule has 0 saturated heterocycles. The zero-order valence-corrected chi connectivity index (χ0v) is 17.6. The molecule has 1 aliphatic rings. The largest absolute Gasteiger partial charge is 0.443 e. The normalized spacial score (nSPS) is 15.2. The predicted octanol–water partition coefficient (Wildman–Crippen LogP) is 5.48. The molecule has 0 N–H and O–H groups in total. The van der Waals surface area contributed by atoms with Crippen molar-refractivity contribution in [2.75, 3.05) is 7.05 Å². The van der Waals surface area contributed by atoms with Crippen molar-refractivity contribution >= 4 is 23.6 Å². The average Bonchev–Trinajstić information content (AvgIpc) is 3.23. The van der Waals surface area contributed by atoms with Crippen LogP contribution in [0.4, 0.5) is 5.69 Å². The minimum absolute atomic E-state index is 0.0507. The molecule has 1 heterocycles. The number of nitrogens with zero attached hydrogens (tertiary/aromatic N) is 4. The molecule has 2 aromatic rings. The Morgan fingerprint density at radius 1 is 1.33 bits per heavy atom. The number of hydrogen-bond acceptors (Lipinski definition) is 5. The molecule has 0 unspecified atom stereocenters. The summed E-state index contributed by atoms with van der Waals surface area (Å²) in [6.45, 7) is 10.4. The molecule has 27 heavy (non-hydrogen) atoms. The van der Waals surface area contributed by atoms with E-state index in [1.807, 2.05) is 39.4 Å². The number of ether oxygens (including phenoxy) is 1. The van der Waals surface area contributed by atoms with Crippen LogP contribution in [-0.2, 0) is 5.41 Å². The molecule has 0 bridgehead atoms. The van der Waals surface area contributed by atoms with E-state index >= 15 is 0 Å². The van der Waals surface area contributed by atoms with Crippen LogP contribution in [0.3, 0.4) is 0 Å². The summed E-state index contributed by atoms with van der Waals surface area (Å²) in [5.41, 5.74) is 4.45. The fourth-order valence-corrected chi connectivity index (χ4v) is 3.54. The lowest BCUT2D eigenvalue weighted by atomic mass is 10.0. The van der Waals surface area contributed by atoms with Gasteiger partial charge in [0.15, 0.2) is 0 Å². The van der Waals surface area contributed by atoms with Gasteiger partial charge < -0.3 is 9.64 Å². The first-order valence-electron chi connectivity index (χ1n) is 9.20. The van der Waals surface area contributed by atoms with Crippen LogP contribution in [0.25, 0.3) is 0 Å². The van der Waals surface area contributed by atoms with Gasteiger partial charge in [-0.2, -0.15) is 9.64 Å². The lowest BCUT2D eigenvalue weighted by Crippen LogP contribution is -2.24. The number of aryl methyl sites for hydroxylation is 2. The Morgan fingerprint density at radius 3 is 2.63 bits per heavy atom. The maximum Gasteiger partial charge on any atom is 0.218 e. The third-order valence-corrected chi connectivity index (χ3v) is 5.96. The molecule has 3 rings (SSSR count). The molecule has 0 aliphatic heterocycles. The molecule has 1 fully saturated rings. The van der Waals surface area contributed by atoms with Crippen LogP contribution in [0.1, 0.15) is 56.0 Å². The summed E-state index contributed by atoms with van der Waals surface area (Å²) in [4.78, 5) is 6.66. The van der Waals surface area contributed by atoms with E-state index in [4.69, 9.17) is 4.74 Å². The van der Waals surface area contributed by atoms with E-state index in [1.165, 1.54) is 11.5 Å². The van der Waals surface area contributed by atoms with Crippen molar-refractivity contribution in [3.8, 4) is 16.9 Å². The van der Waals surface area contributed by atoms with Crippen LogP contribution in [-0.4, -0.2) is 28.7 Å². The molecule has 1 aromatic heterocycles. The molecular weight excluding hydrogens is 356 g/mol. The summed E-state index contributed by atoms with van der Waals surface area (Å²) in [7, 11) is 2.01. The minimum Gasteiger partial charge on any atom is -0.443 e. The van der Waals surface area contributed by atoms with Gasteiger partial charge in [0, 0.05) is 30.0 Å². The van der Waals surface area contributed by atoms with Gasteiger partial charge in [0.1, 0.15) is 17.4 Å². The first kappa shape index (κ1) is 19.4. The van der Waals surface area contributed by atoms with E-state index < -0.39 is 0 Å². The van der Waals surface area contributed by atoms with Crippen molar-refractivity contribution in [2.24, 2.45) is 4.99 Å². The summed E-state index contributed by atoms with van der Waals surface area (Å²) < 4.78 is 10.6. The maximum absolute atomic E-state index is 9.60. The van der Waals surface area contributed by atoms with Gasteiger partial charge in [0.05, 0.1) is 17.7 Å². The molecule has 1 saturated carbocycles. The SMILES string of the molecule is Cc1cc(Oc2snc(C3(C)CC3)c2C#N)c(C)cc1N=CN(C)C(C)C. The highest BCUT2D eigenvalue weighted by Crippen LogP contribution is 2.51. The van der Waals surface area contributed by atoms with E-state index in [2.05, 4.69) is 41.1 Å². The molecule has 0 radical (unpaired) electrons. The van der Waals surface area contributed by atoms with Gasteiger partial charge in [-0.1, -0.05) is 6.92 Å². The first-order chi connectivity index (χ1) is 12.7. The quantitative estimate of drug-likeness (QED) is 0.490. The van der Waals surface area contributed by atoms with E-state index in [1.54, 1.807) is 0 Å². The third-order valence-electron chi connectivity index (χ3n) is 5.23. The smallest absolute Gasteiger partial charge is 0.218 e. The zero-order valence-electron chi connectivity index (χ0n) is 16.8. The van der Waals surface area contributed by atoms with E-state index in [0.717, 1.165) is 41.1 Å². The summed E-state index contributed by atoms with van der Waals surface area (Å²) in [6.07, 6.45) is 4.02. The minimum atomic E-state index is 0.0507. The maximum atomic E-state index is 9.60. The van der Waals surface area contributed by atoms with Crippen LogP contribution in [0.2, 0.25) is 0 Å². The second kappa shape index (κ2) is 7.32. The highest BCUT2D eigenvalue weighted by atomic mass is 32.1. The second-order valence-corrected chi connectivity index (χ2v) is 8.61. The molecule has 0 amide bonds. The monoisotopic (exact) mass is 382 g/mol. The zero-order chi connectivity index (χ0) is 19.8. The third kappa shape index (κ3) is 3.98. The second-order valence-electron chi connectivity index (χ2n) is 7.88. The van der Waals surface area contributed by atoms with Crippen molar-refractivity contribution in [1.82, 2.24) is 9.27 Å². The highest BCUT2D eigenvalue weighted by molar-refractivity contribution is 7.08. The van der Waals surface area contributed by atoms with Gasteiger partial charge in [0.25, 0.3) is 0 Å². The van der Waals surface area contributed by atoms with Gasteiger partial charge in [-0.05, 0) is 63.8 Å². The van der Waals surface area contributed by atoms with Crippen LogP contribution >= 0.6 is 11.5 Å². The molecule has 6 heteroatoms. The molecule has 5 nitrogen and oxygen atoms in total. The van der Waals surface area contributed by atoms with E-state index in [-0.39, 0.29) is 5.41 Å². The lowest BCUT2D eigenvalue weighted by molar-refractivity contribution is 0.429. The van der Waals surface area contributed by atoms with E-state index in [9.17, 15) is 5.26 Å². The van der Waals surface area contributed by atoms with Crippen molar-refractivity contribution in [3.63, 3.8) is 0 Å². The van der Waals surface area contributed by atoms with Gasteiger partial charge in [-0.3, -0.25) is 0 Å². The molecule has 142 valence electrons. The molecule has 0 atom stereocenters. The lowest BCUT2D eigenvalue weighted by Gasteiger charge is -2.17. The molecular formula is C21H26N4OS. The molecule has 1 aromatic carbocycles.